The summed E-state index contributed by atoms with van der Waals surface area (Å²) in [5.74, 6) is 0. The molecule has 4 rings (SSSR count). The van der Waals surface area contributed by atoms with Crippen molar-refractivity contribution in [2.75, 3.05) is 32.0 Å². The number of amides is 3. The molecular formula is C21H23N3O3. The minimum atomic E-state index is -0.576. The lowest BCUT2D eigenvalue weighted by Gasteiger charge is -2.38. The van der Waals surface area contributed by atoms with Crippen LogP contribution in [0.25, 0.3) is 11.1 Å². The third kappa shape index (κ3) is 3.60. The fraction of sp³-hybridized carbons (Fsp3) is 0.333. The van der Waals surface area contributed by atoms with Gasteiger partial charge in [0.15, 0.2) is 0 Å². The fourth-order valence-electron chi connectivity index (χ4n) is 3.89. The van der Waals surface area contributed by atoms with E-state index < -0.39 is 5.60 Å². The van der Waals surface area contributed by atoms with Crippen LogP contribution in [0.5, 0.6) is 0 Å². The summed E-state index contributed by atoms with van der Waals surface area (Å²) in [5.41, 5.74) is 2.33. The number of piperidine rings is 1. The van der Waals surface area contributed by atoms with E-state index in [1.54, 1.807) is 16.8 Å². The maximum Gasteiger partial charge on any atom is 0.410 e. The summed E-state index contributed by atoms with van der Waals surface area (Å²) >= 11 is 0. The van der Waals surface area contributed by atoms with Crippen molar-refractivity contribution in [3.8, 4) is 11.1 Å². The number of nitrogens with zero attached hydrogens (tertiary/aromatic N) is 2. The Morgan fingerprint density at radius 2 is 1.85 bits per heavy atom. The average Bonchev–Trinajstić information content (AvgIpc) is 2.95. The maximum atomic E-state index is 12.8. The van der Waals surface area contributed by atoms with Gasteiger partial charge in [0.05, 0.1) is 13.1 Å². The van der Waals surface area contributed by atoms with E-state index in [-0.39, 0.29) is 12.1 Å². The number of urea groups is 1. The molecule has 0 radical (unpaired) electrons. The number of rotatable bonds is 2. The number of carbonyl (C=O) groups is 2. The summed E-state index contributed by atoms with van der Waals surface area (Å²) in [4.78, 5) is 27.9. The molecule has 0 unspecified atom stereocenters. The molecule has 27 heavy (non-hydrogen) atoms. The highest BCUT2D eigenvalue weighted by Gasteiger charge is 2.47. The van der Waals surface area contributed by atoms with Crippen molar-refractivity contribution >= 4 is 17.8 Å². The van der Waals surface area contributed by atoms with Gasteiger partial charge < -0.3 is 19.9 Å². The van der Waals surface area contributed by atoms with Crippen LogP contribution in [0.4, 0.5) is 15.3 Å². The first-order valence-corrected chi connectivity index (χ1v) is 9.20. The molecule has 1 N–H and O–H groups in total. The second kappa shape index (κ2) is 6.95. The van der Waals surface area contributed by atoms with E-state index in [0.717, 1.165) is 29.7 Å². The lowest BCUT2D eigenvalue weighted by molar-refractivity contribution is 0.00497. The molecular weight excluding hydrogens is 342 g/mol. The van der Waals surface area contributed by atoms with E-state index in [9.17, 15) is 9.59 Å². The molecule has 1 atom stereocenters. The Balaban J connectivity index is 1.46. The number of nitrogens with one attached hydrogen (secondary N) is 1. The summed E-state index contributed by atoms with van der Waals surface area (Å²) in [5, 5.41) is 2.98. The normalized spacial score (nSPS) is 22.0. The molecule has 2 aliphatic heterocycles. The first kappa shape index (κ1) is 17.4. The van der Waals surface area contributed by atoms with Gasteiger partial charge in [-0.3, -0.25) is 0 Å². The molecule has 1 spiro atoms. The van der Waals surface area contributed by atoms with Crippen LogP contribution in [0.15, 0.2) is 54.6 Å². The standard InChI is InChI=1S/C21H23N3O3/c1-23-14-21(27-20(23)26)11-6-12-24(15-21)19(25)22-18-10-5-9-17(13-18)16-7-3-2-4-8-16/h2-5,7-10,13H,6,11-12,14-15H2,1H3,(H,22,25)/t21-/m1/s1. The zero-order valence-corrected chi connectivity index (χ0v) is 15.4. The molecule has 6 nitrogen and oxygen atoms in total. The molecule has 0 aromatic heterocycles. The Morgan fingerprint density at radius 1 is 1.07 bits per heavy atom. The fourth-order valence-corrected chi connectivity index (χ4v) is 3.89. The SMILES string of the molecule is CN1C[C@@]2(CCCN(C(=O)Nc3cccc(-c4ccccc4)c3)C2)OC1=O. The number of carbonyl (C=O) groups excluding carboxylic acids is 2. The van der Waals surface area contributed by atoms with Crippen LogP contribution in [0.1, 0.15) is 12.8 Å². The quantitative estimate of drug-likeness (QED) is 0.880. The van der Waals surface area contributed by atoms with Gasteiger partial charge in [-0.05, 0) is 36.1 Å². The van der Waals surface area contributed by atoms with E-state index >= 15 is 0 Å². The number of hydrogen-bond acceptors (Lipinski definition) is 3. The number of anilines is 1. The number of benzene rings is 2. The van der Waals surface area contributed by atoms with Gasteiger partial charge in [0.25, 0.3) is 0 Å². The Bertz CT molecular complexity index is 855. The largest absolute Gasteiger partial charge is 0.439 e. The van der Waals surface area contributed by atoms with Crippen LogP contribution in [0.2, 0.25) is 0 Å². The Morgan fingerprint density at radius 3 is 2.59 bits per heavy atom. The monoisotopic (exact) mass is 365 g/mol. The van der Waals surface area contributed by atoms with Crippen molar-refractivity contribution < 1.29 is 14.3 Å². The third-order valence-corrected chi connectivity index (χ3v) is 5.19. The Hall–Kier alpha value is -3.02. The van der Waals surface area contributed by atoms with Gasteiger partial charge in [-0.2, -0.15) is 0 Å². The molecule has 2 aliphatic rings. The zero-order chi connectivity index (χ0) is 18.9. The maximum absolute atomic E-state index is 12.8. The first-order chi connectivity index (χ1) is 13.0. The summed E-state index contributed by atoms with van der Waals surface area (Å²) in [6.07, 6.45) is 1.29. The highest BCUT2D eigenvalue weighted by molar-refractivity contribution is 5.90. The second-order valence-corrected chi connectivity index (χ2v) is 7.31. The number of likely N-dealkylation sites (N-methyl/N-ethyl adjacent to an activating group) is 1. The van der Waals surface area contributed by atoms with Gasteiger partial charge in [-0.25, -0.2) is 9.59 Å². The van der Waals surface area contributed by atoms with E-state index in [0.29, 0.717) is 19.6 Å². The minimum Gasteiger partial charge on any atom is -0.439 e. The molecule has 0 aliphatic carbocycles. The predicted octanol–water partition coefficient (Wildman–Crippen LogP) is 3.80. The molecule has 2 aromatic rings. The van der Waals surface area contributed by atoms with Crippen LogP contribution in [0.3, 0.4) is 0 Å². The van der Waals surface area contributed by atoms with Crippen molar-refractivity contribution in [1.29, 1.82) is 0 Å². The van der Waals surface area contributed by atoms with Gasteiger partial charge in [0.1, 0.15) is 5.60 Å². The van der Waals surface area contributed by atoms with Crippen LogP contribution in [-0.4, -0.2) is 54.2 Å². The Labute approximate surface area is 158 Å². The van der Waals surface area contributed by atoms with Crippen molar-refractivity contribution in [2.45, 2.75) is 18.4 Å². The van der Waals surface area contributed by atoms with E-state index in [1.807, 2.05) is 54.6 Å². The van der Waals surface area contributed by atoms with Crippen molar-refractivity contribution in [2.24, 2.45) is 0 Å². The second-order valence-electron chi connectivity index (χ2n) is 7.31. The molecule has 2 saturated heterocycles. The van der Waals surface area contributed by atoms with E-state index in [2.05, 4.69) is 5.32 Å². The zero-order valence-electron chi connectivity index (χ0n) is 15.4. The summed E-state index contributed by atoms with van der Waals surface area (Å²) in [6.45, 7) is 1.61. The first-order valence-electron chi connectivity index (χ1n) is 9.20. The third-order valence-electron chi connectivity index (χ3n) is 5.19. The van der Waals surface area contributed by atoms with E-state index in [1.165, 1.54) is 0 Å². The average molecular weight is 365 g/mol. The van der Waals surface area contributed by atoms with Gasteiger partial charge in [-0.1, -0.05) is 42.5 Å². The minimum absolute atomic E-state index is 0.162. The van der Waals surface area contributed by atoms with Gasteiger partial charge in [0.2, 0.25) is 0 Å². The van der Waals surface area contributed by atoms with Crippen molar-refractivity contribution in [3.63, 3.8) is 0 Å². The summed E-state index contributed by atoms with van der Waals surface area (Å²) in [7, 11) is 1.73. The Kier molecular flexibility index (Phi) is 4.48. The molecule has 2 heterocycles. The molecule has 2 aromatic carbocycles. The van der Waals surface area contributed by atoms with Gasteiger partial charge in [0, 0.05) is 19.3 Å². The predicted molar refractivity (Wildman–Crippen MR) is 104 cm³/mol. The van der Waals surface area contributed by atoms with E-state index in [4.69, 9.17) is 4.74 Å². The molecule has 2 fully saturated rings. The smallest absolute Gasteiger partial charge is 0.410 e. The molecule has 140 valence electrons. The highest BCUT2D eigenvalue weighted by Crippen LogP contribution is 2.31. The molecule has 3 amide bonds. The summed E-state index contributed by atoms with van der Waals surface area (Å²) in [6, 6.07) is 17.7. The number of hydrogen-bond donors (Lipinski definition) is 1. The lowest BCUT2D eigenvalue weighted by atomic mass is 9.93. The van der Waals surface area contributed by atoms with Crippen LogP contribution >= 0.6 is 0 Å². The van der Waals surface area contributed by atoms with Gasteiger partial charge >= 0.3 is 12.1 Å². The van der Waals surface area contributed by atoms with Crippen LogP contribution in [0, 0.1) is 0 Å². The molecule has 0 bridgehead atoms. The van der Waals surface area contributed by atoms with Crippen molar-refractivity contribution in [1.82, 2.24) is 9.80 Å². The van der Waals surface area contributed by atoms with Gasteiger partial charge in [-0.15, -0.1) is 0 Å². The molecule has 0 saturated carbocycles. The molecule has 6 heteroatoms. The summed E-state index contributed by atoms with van der Waals surface area (Å²) < 4.78 is 5.57. The number of likely N-dealkylation sites (tertiary alicyclic amines) is 1. The van der Waals surface area contributed by atoms with Crippen LogP contribution in [-0.2, 0) is 4.74 Å². The lowest BCUT2D eigenvalue weighted by Crippen LogP contribution is -2.53. The number of ether oxygens (including phenoxy) is 1. The highest BCUT2D eigenvalue weighted by atomic mass is 16.6. The van der Waals surface area contributed by atoms with Crippen molar-refractivity contribution in [3.05, 3.63) is 54.6 Å². The van der Waals surface area contributed by atoms with Crippen LogP contribution < -0.4 is 5.32 Å². The topological polar surface area (TPSA) is 61.9 Å².